The van der Waals surface area contributed by atoms with Gasteiger partial charge in [0.05, 0.1) is 6.07 Å². The van der Waals surface area contributed by atoms with Crippen LogP contribution in [-0.4, -0.2) is 37.6 Å². The Morgan fingerprint density at radius 1 is 1.50 bits per heavy atom. The van der Waals surface area contributed by atoms with Crippen molar-refractivity contribution in [1.82, 2.24) is 4.31 Å². The van der Waals surface area contributed by atoms with Gasteiger partial charge in [-0.05, 0) is 12.8 Å². The van der Waals surface area contributed by atoms with Crippen molar-refractivity contribution in [3.05, 3.63) is 0 Å². The van der Waals surface area contributed by atoms with Crippen LogP contribution in [-0.2, 0) is 10.0 Å². The average Bonchev–Trinajstić information content (AvgIpc) is 2.18. The molecule has 0 radical (unpaired) electrons. The predicted octanol–water partition coefficient (Wildman–Crippen LogP) is -0.347. The number of sulfonamides is 1. The molecule has 6 heteroatoms. The van der Waals surface area contributed by atoms with E-state index >= 15 is 0 Å². The molecule has 0 aromatic heterocycles. The molecule has 1 saturated heterocycles. The van der Waals surface area contributed by atoms with Crippen molar-refractivity contribution in [1.29, 1.82) is 5.26 Å². The second-order valence-corrected chi connectivity index (χ2v) is 5.33. The Kier molecular flexibility index (Phi) is 3.86. The smallest absolute Gasteiger partial charge is 0.227 e. The average molecular weight is 217 g/mol. The number of rotatable bonds is 3. The van der Waals surface area contributed by atoms with Crippen LogP contribution in [0.5, 0.6) is 0 Å². The van der Waals surface area contributed by atoms with E-state index in [1.54, 1.807) is 6.07 Å². The van der Waals surface area contributed by atoms with Crippen LogP contribution < -0.4 is 5.73 Å². The summed E-state index contributed by atoms with van der Waals surface area (Å²) in [5.74, 6) is -0.441. The summed E-state index contributed by atoms with van der Waals surface area (Å²) < 4.78 is 24.6. The second-order valence-electron chi connectivity index (χ2n) is 3.41. The molecule has 14 heavy (non-hydrogen) atoms. The van der Waals surface area contributed by atoms with Gasteiger partial charge in [0.15, 0.2) is 5.75 Å². The van der Waals surface area contributed by atoms with Gasteiger partial charge in [0.1, 0.15) is 0 Å². The monoisotopic (exact) mass is 217 g/mol. The molecule has 0 aliphatic carbocycles. The molecular formula is C8H15N3O2S. The third-order valence-electron chi connectivity index (χ3n) is 2.45. The highest BCUT2D eigenvalue weighted by atomic mass is 32.2. The van der Waals surface area contributed by atoms with Crippen LogP contribution >= 0.6 is 0 Å². The molecule has 2 N–H and O–H groups in total. The maximum absolute atomic E-state index is 11.6. The fourth-order valence-electron chi connectivity index (χ4n) is 1.74. The van der Waals surface area contributed by atoms with E-state index < -0.39 is 15.8 Å². The molecule has 1 rings (SSSR count). The van der Waals surface area contributed by atoms with Gasteiger partial charge in [-0.3, -0.25) is 0 Å². The molecule has 1 aliphatic rings. The first-order valence-corrected chi connectivity index (χ1v) is 6.29. The Balaban J connectivity index is 2.78. The van der Waals surface area contributed by atoms with E-state index in [1.165, 1.54) is 4.31 Å². The summed E-state index contributed by atoms with van der Waals surface area (Å²) in [4.78, 5) is 0. The fraction of sp³-hybridized carbons (Fsp3) is 0.875. The Hall–Kier alpha value is -0.640. The largest absolute Gasteiger partial charge is 0.329 e. The molecule has 1 aliphatic heterocycles. The molecule has 1 atom stereocenters. The Labute approximate surface area is 84.5 Å². The third kappa shape index (κ3) is 2.44. The molecule has 80 valence electrons. The molecule has 0 aromatic rings. The van der Waals surface area contributed by atoms with Gasteiger partial charge in [-0.25, -0.2) is 8.42 Å². The van der Waals surface area contributed by atoms with E-state index in [1.807, 2.05) is 0 Å². The van der Waals surface area contributed by atoms with E-state index in [9.17, 15) is 8.42 Å². The van der Waals surface area contributed by atoms with Crippen LogP contribution in [0.4, 0.5) is 0 Å². The van der Waals surface area contributed by atoms with Gasteiger partial charge in [0.25, 0.3) is 0 Å². The minimum atomic E-state index is -3.40. The molecule has 0 spiro atoms. The number of hydrogen-bond acceptors (Lipinski definition) is 4. The molecule has 0 saturated carbocycles. The Morgan fingerprint density at radius 2 is 2.21 bits per heavy atom. The van der Waals surface area contributed by atoms with Crippen LogP contribution in [0.15, 0.2) is 0 Å². The predicted molar refractivity (Wildman–Crippen MR) is 52.8 cm³/mol. The van der Waals surface area contributed by atoms with E-state index in [-0.39, 0.29) is 6.04 Å². The Morgan fingerprint density at radius 3 is 2.79 bits per heavy atom. The first-order chi connectivity index (χ1) is 6.61. The van der Waals surface area contributed by atoms with Crippen LogP contribution in [0, 0.1) is 11.3 Å². The summed E-state index contributed by atoms with van der Waals surface area (Å²) in [5, 5.41) is 8.40. The van der Waals surface area contributed by atoms with Crippen molar-refractivity contribution < 1.29 is 8.42 Å². The maximum atomic E-state index is 11.6. The summed E-state index contributed by atoms with van der Waals surface area (Å²) in [6, 6.07) is 1.57. The topological polar surface area (TPSA) is 87.2 Å². The van der Waals surface area contributed by atoms with E-state index in [2.05, 4.69) is 0 Å². The molecule has 0 aromatic carbocycles. The normalized spacial score (nSPS) is 24.4. The number of piperidine rings is 1. The quantitative estimate of drug-likeness (QED) is 0.700. The lowest BCUT2D eigenvalue weighted by atomic mass is 10.1. The van der Waals surface area contributed by atoms with Gasteiger partial charge in [0, 0.05) is 19.1 Å². The lowest BCUT2D eigenvalue weighted by molar-refractivity contribution is 0.258. The molecule has 0 bridgehead atoms. The second kappa shape index (κ2) is 4.73. The molecule has 1 heterocycles. The zero-order valence-corrected chi connectivity index (χ0v) is 8.83. The van der Waals surface area contributed by atoms with Gasteiger partial charge >= 0.3 is 0 Å². The Bertz CT molecular complexity index is 320. The first-order valence-electron chi connectivity index (χ1n) is 4.68. The van der Waals surface area contributed by atoms with E-state index in [4.69, 9.17) is 11.0 Å². The third-order valence-corrected chi connectivity index (χ3v) is 4.14. The summed E-state index contributed by atoms with van der Waals surface area (Å²) in [5.41, 5.74) is 5.50. The van der Waals surface area contributed by atoms with Crippen molar-refractivity contribution in [2.75, 3.05) is 18.8 Å². The highest BCUT2D eigenvalue weighted by Gasteiger charge is 2.30. The fourth-order valence-corrected chi connectivity index (χ4v) is 3.12. The molecule has 0 amide bonds. The van der Waals surface area contributed by atoms with Crippen LogP contribution in [0.1, 0.15) is 19.3 Å². The van der Waals surface area contributed by atoms with Gasteiger partial charge in [-0.15, -0.1) is 0 Å². The zero-order chi connectivity index (χ0) is 10.6. The van der Waals surface area contributed by atoms with Crippen LogP contribution in [0.25, 0.3) is 0 Å². The van der Waals surface area contributed by atoms with Crippen molar-refractivity contribution in [2.24, 2.45) is 5.73 Å². The summed E-state index contributed by atoms with van der Waals surface area (Å²) in [6.07, 6.45) is 2.68. The van der Waals surface area contributed by atoms with Crippen molar-refractivity contribution in [2.45, 2.75) is 25.3 Å². The van der Waals surface area contributed by atoms with E-state index in [0.717, 1.165) is 19.3 Å². The maximum Gasteiger partial charge on any atom is 0.227 e. The highest BCUT2D eigenvalue weighted by Crippen LogP contribution is 2.19. The summed E-state index contributed by atoms with van der Waals surface area (Å²) in [7, 11) is -3.40. The lowest BCUT2D eigenvalue weighted by Crippen LogP contribution is -2.48. The van der Waals surface area contributed by atoms with Crippen molar-refractivity contribution in [3.8, 4) is 6.07 Å². The molecule has 1 unspecified atom stereocenters. The van der Waals surface area contributed by atoms with Crippen LogP contribution in [0.3, 0.4) is 0 Å². The standard InChI is InChI=1S/C8H15N3O2S/c9-4-6-14(12,13)11-5-2-1-3-8(11)7-10/h8H,1-3,5-7,10H2. The zero-order valence-electron chi connectivity index (χ0n) is 8.02. The number of nitriles is 1. The van der Waals surface area contributed by atoms with Gasteiger partial charge in [-0.1, -0.05) is 6.42 Å². The molecular weight excluding hydrogens is 202 g/mol. The van der Waals surface area contributed by atoms with Gasteiger partial charge in [-0.2, -0.15) is 9.57 Å². The number of hydrogen-bond donors (Lipinski definition) is 1. The van der Waals surface area contributed by atoms with Gasteiger partial charge in [0.2, 0.25) is 10.0 Å². The number of nitrogens with two attached hydrogens (primary N) is 1. The van der Waals surface area contributed by atoms with Crippen molar-refractivity contribution in [3.63, 3.8) is 0 Å². The minimum absolute atomic E-state index is 0.109. The first kappa shape index (κ1) is 11.4. The highest BCUT2D eigenvalue weighted by molar-refractivity contribution is 7.89. The SMILES string of the molecule is N#CCS(=O)(=O)N1CCCCC1CN. The van der Waals surface area contributed by atoms with Crippen LogP contribution in [0.2, 0.25) is 0 Å². The summed E-state index contributed by atoms with van der Waals surface area (Å²) >= 11 is 0. The van der Waals surface area contributed by atoms with E-state index in [0.29, 0.717) is 13.1 Å². The van der Waals surface area contributed by atoms with Crippen molar-refractivity contribution >= 4 is 10.0 Å². The molecule has 5 nitrogen and oxygen atoms in total. The van der Waals surface area contributed by atoms with Gasteiger partial charge < -0.3 is 5.73 Å². The minimum Gasteiger partial charge on any atom is -0.329 e. The summed E-state index contributed by atoms with van der Waals surface area (Å²) in [6.45, 7) is 0.844. The molecule has 1 fully saturated rings. The lowest BCUT2D eigenvalue weighted by Gasteiger charge is -2.33. The number of nitrogens with zero attached hydrogens (tertiary/aromatic N) is 2.